The first kappa shape index (κ1) is 13.5. The molecule has 94 valence electrons. The molecular weight excluding hydrogens is 340 g/mol. The lowest BCUT2D eigenvalue weighted by atomic mass is 9.97. The predicted molar refractivity (Wildman–Crippen MR) is 81.2 cm³/mol. The Morgan fingerprint density at radius 1 is 1.06 bits per heavy atom. The van der Waals surface area contributed by atoms with Gasteiger partial charge < -0.3 is 5.32 Å². The Hall–Kier alpha value is -0.940. The lowest BCUT2D eigenvalue weighted by Crippen LogP contribution is -2.20. The van der Waals surface area contributed by atoms with Crippen molar-refractivity contribution in [3.05, 3.63) is 68.5 Å². The van der Waals surface area contributed by atoms with E-state index in [1.54, 1.807) is 6.07 Å². The fourth-order valence-electron chi connectivity index (χ4n) is 2.08. The summed E-state index contributed by atoms with van der Waals surface area (Å²) < 4.78 is 15.1. The third-order valence-corrected chi connectivity index (χ3v) is 4.51. The molecular formula is C15H15FIN. The highest BCUT2D eigenvalue weighted by atomic mass is 127. The summed E-state index contributed by atoms with van der Waals surface area (Å²) in [5, 5.41) is 3.20. The maximum absolute atomic E-state index is 13.9. The van der Waals surface area contributed by atoms with Gasteiger partial charge in [0, 0.05) is 9.13 Å². The van der Waals surface area contributed by atoms with Gasteiger partial charge in [-0.2, -0.15) is 0 Å². The summed E-state index contributed by atoms with van der Waals surface area (Å²) in [7, 11) is 1.86. The summed E-state index contributed by atoms with van der Waals surface area (Å²) in [5.41, 5.74) is 3.01. The van der Waals surface area contributed by atoms with Gasteiger partial charge in [-0.25, -0.2) is 4.39 Å². The Kier molecular flexibility index (Phi) is 4.35. The minimum Gasteiger partial charge on any atom is -0.309 e. The van der Waals surface area contributed by atoms with Crippen LogP contribution in [0.3, 0.4) is 0 Å². The van der Waals surface area contributed by atoms with Crippen molar-refractivity contribution < 1.29 is 4.39 Å². The molecule has 2 aromatic rings. The number of hydrogen-bond acceptors (Lipinski definition) is 1. The van der Waals surface area contributed by atoms with Gasteiger partial charge in [0.25, 0.3) is 0 Å². The van der Waals surface area contributed by atoms with E-state index in [0.717, 1.165) is 5.56 Å². The molecule has 0 bridgehead atoms. The van der Waals surface area contributed by atoms with Crippen molar-refractivity contribution in [2.45, 2.75) is 13.0 Å². The van der Waals surface area contributed by atoms with Crippen molar-refractivity contribution in [3.63, 3.8) is 0 Å². The number of rotatable bonds is 3. The van der Waals surface area contributed by atoms with Gasteiger partial charge in [-0.3, -0.25) is 0 Å². The molecule has 1 unspecified atom stereocenters. The zero-order valence-electron chi connectivity index (χ0n) is 10.4. The van der Waals surface area contributed by atoms with Crippen LogP contribution in [0.25, 0.3) is 0 Å². The Bertz CT molecular complexity index is 554. The number of benzene rings is 2. The number of aryl methyl sites for hydroxylation is 1. The largest absolute Gasteiger partial charge is 0.309 e. The van der Waals surface area contributed by atoms with E-state index >= 15 is 0 Å². The average molecular weight is 355 g/mol. The molecule has 0 aliphatic rings. The minimum atomic E-state index is -0.172. The van der Waals surface area contributed by atoms with Crippen LogP contribution in [0.1, 0.15) is 22.7 Å². The van der Waals surface area contributed by atoms with Crippen LogP contribution >= 0.6 is 22.6 Å². The first-order valence-electron chi connectivity index (χ1n) is 5.82. The van der Waals surface area contributed by atoms with E-state index in [4.69, 9.17) is 0 Å². The Morgan fingerprint density at radius 2 is 1.72 bits per heavy atom. The zero-order chi connectivity index (χ0) is 13.1. The second kappa shape index (κ2) is 5.80. The highest BCUT2D eigenvalue weighted by molar-refractivity contribution is 14.1. The van der Waals surface area contributed by atoms with Crippen LogP contribution in [0, 0.1) is 16.3 Å². The molecule has 0 saturated carbocycles. The van der Waals surface area contributed by atoms with Crippen LogP contribution in [0.4, 0.5) is 4.39 Å². The molecule has 0 aliphatic carbocycles. The molecule has 1 nitrogen and oxygen atoms in total. The van der Waals surface area contributed by atoms with Crippen molar-refractivity contribution in [1.82, 2.24) is 5.32 Å². The Morgan fingerprint density at radius 3 is 2.39 bits per heavy atom. The van der Waals surface area contributed by atoms with Crippen molar-refractivity contribution in [1.29, 1.82) is 0 Å². The van der Waals surface area contributed by atoms with Crippen LogP contribution in [0.5, 0.6) is 0 Å². The van der Waals surface area contributed by atoms with E-state index < -0.39 is 0 Å². The summed E-state index contributed by atoms with van der Waals surface area (Å²) in [6, 6.07) is 12.9. The summed E-state index contributed by atoms with van der Waals surface area (Å²) >= 11 is 2.32. The van der Waals surface area contributed by atoms with Crippen LogP contribution in [-0.2, 0) is 0 Å². The summed E-state index contributed by atoms with van der Waals surface area (Å²) in [4.78, 5) is 0. The smallest absolute Gasteiger partial charge is 0.128 e. The van der Waals surface area contributed by atoms with Gasteiger partial charge in [-0.05, 0) is 53.8 Å². The first-order chi connectivity index (χ1) is 8.65. The van der Waals surface area contributed by atoms with Crippen LogP contribution in [0.15, 0.2) is 42.5 Å². The fourth-order valence-corrected chi connectivity index (χ4v) is 2.75. The molecule has 1 N–H and O–H groups in total. The van der Waals surface area contributed by atoms with Crippen LogP contribution < -0.4 is 5.32 Å². The number of hydrogen-bond donors (Lipinski definition) is 1. The van der Waals surface area contributed by atoms with E-state index in [-0.39, 0.29) is 11.9 Å². The van der Waals surface area contributed by atoms with E-state index in [1.165, 1.54) is 15.2 Å². The Labute approximate surface area is 121 Å². The average Bonchev–Trinajstić information content (AvgIpc) is 2.37. The predicted octanol–water partition coefficient (Wildman–Crippen LogP) is 4.05. The molecule has 0 spiro atoms. The summed E-state index contributed by atoms with van der Waals surface area (Å²) in [6.07, 6.45) is 0. The van der Waals surface area contributed by atoms with Gasteiger partial charge in [0.05, 0.1) is 6.04 Å². The van der Waals surface area contributed by atoms with Crippen molar-refractivity contribution in [3.8, 4) is 0 Å². The molecule has 1 atom stereocenters. The number of nitrogens with one attached hydrogen (secondary N) is 1. The lowest BCUT2D eigenvalue weighted by Gasteiger charge is -2.20. The second-order valence-corrected chi connectivity index (χ2v) is 5.30. The normalized spacial score (nSPS) is 12.4. The molecule has 0 fully saturated rings. The molecule has 0 saturated heterocycles. The standard InChI is InChI=1S/C15H15FIN/c1-10-6-5-8-12(14(10)17)15(18-2)11-7-3-4-9-13(11)16/h3-9,15,18H,1-2H3. The van der Waals surface area contributed by atoms with Crippen molar-refractivity contribution in [2.75, 3.05) is 7.05 Å². The summed E-state index contributed by atoms with van der Waals surface area (Å²) in [6.45, 7) is 2.07. The topological polar surface area (TPSA) is 12.0 Å². The molecule has 0 amide bonds. The molecule has 2 aromatic carbocycles. The van der Waals surface area contributed by atoms with E-state index in [1.807, 2.05) is 31.3 Å². The zero-order valence-corrected chi connectivity index (χ0v) is 12.5. The van der Waals surface area contributed by atoms with Gasteiger partial charge in [0.1, 0.15) is 5.82 Å². The van der Waals surface area contributed by atoms with Gasteiger partial charge in [0.2, 0.25) is 0 Å². The highest BCUT2D eigenvalue weighted by Gasteiger charge is 2.18. The van der Waals surface area contributed by atoms with Gasteiger partial charge >= 0.3 is 0 Å². The van der Waals surface area contributed by atoms with Crippen LogP contribution in [-0.4, -0.2) is 7.05 Å². The molecule has 2 rings (SSSR count). The van der Waals surface area contributed by atoms with E-state index in [9.17, 15) is 4.39 Å². The SMILES string of the molecule is CNC(c1ccccc1F)c1cccc(C)c1I. The van der Waals surface area contributed by atoms with Gasteiger partial charge in [0.15, 0.2) is 0 Å². The van der Waals surface area contributed by atoms with Gasteiger partial charge in [-0.15, -0.1) is 0 Å². The number of halogens is 2. The quantitative estimate of drug-likeness (QED) is 0.820. The van der Waals surface area contributed by atoms with Gasteiger partial charge in [-0.1, -0.05) is 36.4 Å². The summed E-state index contributed by atoms with van der Waals surface area (Å²) in [5.74, 6) is -0.172. The Balaban J connectivity index is 2.53. The third kappa shape index (κ3) is 2.57. The molecule has 0 aromatic heterocycles. The molecule has 0 heterocycles. The van der Waals surface area contributed by atoms with Crippen molar-refractivity contribution in [2.24, 2.45) is 0 Å². The molecule has 18 heavy (non-hydrogen) atoms. The van der Waals surface area contributed by atoms with Crippen LogP contribution in [0.2, 0.25) is 0 Å². The second-order valence-electron chi connectivity index (χ2n) is 4.22. The van der Waals surface area contributed by atoms with E-state index in [2.05, 4.69) is 40.9 Å². The highest BCUT2D eigenvalue weighted by Crippen LogP contribution is 2.29. The fraction of sp³-hybridized carbons (Fsp3) is 0.200. The lowest BCUT2D eigenvalue weighted by molar-refractivity contribution is 0.575. The minimum absolute atomic E-state index is 0.113. The molecule has 3 heteroatoms. The van der Waals surface area contributed by atoms with Crippen molar-refractivity contribution >= 4 is 22.6 Å². The third-order valence-electron chi connectivity index (χ3n) is 3.04. The maximum atomic E-state index is 13.9. The maximum Gasteiger partial charge on any atom is 0.128 e. The van der Waals surface area contributed by atoms with E-state index in [0.29, 0.717) is 5.56 Å². The first-order valence-corrected chi connectivity index (χ1v) is 6.89. The monoisotopic (exact) mass is 355 g/mol. The molecule has 0 aliphatic heterocycles. The molecule has 0 radical (unpaired) electrons.